The van der Waals surface area contributed by atoms with E-state index in [1.165, 1.54) is 31.0 Å². The third kappa shape index (κ3) is 4.76. The van der Waals surface area contributed by atoms with Crippen molar-refractivity contribution in [2.45, 2.75) is 17.9 Å². The molecule has 0 fully saturated rings. The van der Waals surface area contributed by atoms with Gasteiger partial charge in [0.05, 0.1) is 23.0 Å². The van der Waals surface area contributed by atoms with Gasteiger partial charge >= 0.3 is 0 Å². The molecule has 118 valence electrons. The predicted molar refractivity (Wildman–Crippen MR) is 84.7 cm³/mol. The van der Waals surface area contributed by atoms with E-state index in [4.69, 9.17) is 10.5 Å². The molecule has 1 rings (SSSR count). The van der Waals surface area contributed by atoms with Gasteiger partial charge in [0.15, 0.2) is 0 Å². The van der Waals surface area contributed by atoms with Gasteiger partial charge in [-0.25, -0.2) is 0 Å². The first-order chi connectivity index (χ1) is 9.44. The van der Waals surface area contributed by atoms with Crippen molar-refractivity contribution in [1.82, 2.24) is 5.32 Å². The molecule has 0 unspecified atom stereocenters. The molecule has 1 aromatic rings. The standard InChI is InChI=1S/C12H17N3O4S.ClH/c1-7(6-13)14-12(16)8-4-11(20-3)10(19-2)5-9(8)15(17)18;/h4-5,7H,6,13H2,1-3H3,(H,14,16);1H/t7-;/m0./s1. The Morgan fingerprint density at radius 1 is 1.57 bits per heavy atom. The first-order valence-electron chi connectivity index (χ1n) is 5.85. The lowest BCUT2D eigenvalue weighted by molar-refractivity contribution is -0.385. The Morgan fingerprint density at radius 3 is 2.62 bits per heavy atom. The lowest BCUT2D eigenvalue weighted by Gasteiger charge is -2.13. The summed E-state index contributed by atoms with van der Waals surface area (Å²) in [7, 11) is 1.43. The van der Waals surface area contributed by atoms with Gasteiger partial charge in [-0.2, -0.15) is 0 Å². The summed E-state index contributed by atoms with van der Waals surface area (Å²) in [4.78, 5) is 23.2. The average molecular weight is 336 g/mol. The fourth-order valence-electron chi connectivity index (χ4n) is 1.56. The van der Waals surface area contributed by atoms with Crippen LogP contribution in [0.25, 0.3) is 0 Å². The zero-order valence-corrected chi connectivity index (χ0v) is 13.5. The number of carbonyl (C=O) groups is 1. The highest BCUT2D eigenvalue weighted by molar-refractivity contribution is 7.98. The van der Waals surface area contributed by atoms with E-state index in [0.717, 1.165) is 0 Å². The fourth-order valence-corrected chi connectivity index (χ4v) is 2.14. The minimum atomic E-state index is -0.603. The van der Waals surface area contributed by atoms with Gasteiger partial charge in [-0.3, -0.25) is 14.9 Å². The maximum Gasteiger partial charge on any atom is 0.285 e. The zero-order chi connectivity index (χ0) is 15.3. The van der Waals surface area contributed by atoms with Crippen LogP contribution in [-0.2, 0) is 0 Å². The number of carbonyl (C=O) groups excluding carboxylic acids is 1. The Kier molecular flexibility index (Phi) is 8.08. The van der Waals surface area contributed by atoms with E-state index in [-0.39, 0.29) is 36.2 Å². The van der Waals surface area contributed by atoms with Gasteiger partial charge in [0.25, 0.3) is 11.6 Å². The topological polar surface area (TPSA) is 107 Å². The number of halogens is 1. The van der Waals surface area contributed by atoms with Gasteiger partial charge in [-0.15, -0.1) is 24.2 Å². The summed E-state index contributed by atoms with van der Waals surface area (Å²) in [5, 5.41) is 13.7. The van der Waals surface area contributed by atoms with E-state index in [2.05, 4.69) is 5.32 Å². The maximum absolute atomic E-state index is 12.1. The second-order valence-corrected chi connectivity index (χ2v) is 4.94. The number of rotatable bonds is 6. The molecule has 0 spiro atoms. The van der Waals surface area contributed by atoms with Gasteiger partial charge in [-0.1, -0.05) is 0 Å². The molecule has 0 aromatic heterocycles. The number of methoxy groups -OCH3 is 1. The molecule has 21 heavy (non-hydrogen) atoms. The largest absolute Gasteiger partial charge is 0.495 e. The molecule has 0 saturated carbocycles. The van der Waals surface area contributed by atoms with Gasteiger partial charge < -0.3 is 15.8 Å². The lowest BCUT2D eigenvalue weighted by atomic mass is 10.1. The number of ether oxygens (including phenoxy) is 1. The SMILES string of the molecule is COc1cc([N+](=O)[O-])c(C(=O)N[C@@H](C)CN)cc1SC.Cl. The van der Waals surface area contributed by atoms with Crippen molar-refractivity contribution in [3.63, 3.8) is 0 Å². The molecule has 3 N–H and O–H groups in total. The Morgan fingerprint density at radius 2 is 2.19 bits per heavy atom. The maximum atomic E-state index is 12.1. The number of hydrogen-bond acceptors (Lipinski definition) is 6. The number of thioether (sulfide) groups is 1. The third-order valence-corrected chi connectivity index (χ3v) is 3.43. The van der Waals surface area contributed by atoms with Crippen LogP contribution in [0.1, 0.15) is 17.3 Å². The molecular weight excluding hydrogens is 318 g/mol. The van der Waals surface area contributed by atoms with Crippen molar-refractivity contribution in [2.75, 3.05) is 19.9 Å². The second kappa shape index (κ2) is 8.71. The summed E-state index contributed by atoms with van der Waals surface area (Å²) in [6.07, 6.45) is 1.80. The number of nitrogens with two attached hydrogens (primary N) is 1. The van der Waals surface area contributed by atoms with Gasteiger partial charge in [0.1, 0.15) is 11.3 Å². The molecule has 0 heterocycles. The van der Waals surface area contributed by atoms with Crippen molar-refractivity contribution in [1.29, 1.82) is 0 Å². The Bertz CT molecular complexity index is 527. The van der Waals surface area contributed by atoms with Crippen LogP contribution in [-0.4, -0.2) is 36.8 Å². The summed E-state index contributed by atoms with van der Waals surface area (Å²) in [5.41, 5.74) is 5.14. The molecule has 7 nitrogen and oxygen atoms in total. The summed E-state index contributed by atoms with van der Waals surface area (Å²) in [6.45, 7) is 1.98. The lowest BCUT2D eigenvalue weighted by Crippen LogP contribution is -2.38. The number of hydrogen-bond donors (Lipinski definition) is 2. The summed E-state index contributed by atoms with van der Waals surface area (Å²) < 4.78 is 5.09. The number of nitro benzene ring substituents is 1. The molecule has 1 amide bonds. The smallest absolute Gasteiger partial charge is 0.285 e. The summed E-state index contributed by atoms with van der Waals surface area (Å²) in [6, 6.07) is 2.45. The molecule has 1 atom stereocenters. The Labute approximate surface area is 133 Å². The quantitative estimate of drug-likeness (QED) is 0.466. The number of nitrogens with zero attached hydrogens (tertiary/aromatic N) is 1. The Hall–Kier alpha value is -1.51. The van der Waals surface area contributed by atoms with Crippen molar-refractivity contribution >= 4 is 35.8 Å². The fraction of sp³-hybridized carbons (Fsp3) is 0.417. The number of amides is 1. The van der Waals surface area contributed by atoms with Gasteiger partial charge in [0, 0.05) is 12.6 Å². The van der Waals surface area contributed by atoms with Crippen LogP contribution < -0.4 is 15.8 Å². The summed E-state index contributed by atoms with van der Waals surface area (Å²) >= 11 is 1.34. The van der Waals surface area contributed by atoms with E-state index in [0.29, 0.717) is 10.6 Å². The van der Waals surface area contributed by atoms with Crippen LogP contribution in [0.2, 0.25) is 0 Å². The first-order valence-corrected chi connectivity index (χ1v) is 7.08. The number of benzene rings is 1. The van der Waals surface area contributed by atoms with Crippen molar-refractivity contribution in [3.05, 3.63) is 27.8 Å². The zero-order valence-electron chi connectivity index (χ0n) is 11.9. The molecule has 0 radical (unpaired) electrons. The molecule has 1 aromatic carbocycles. The predicted octanol–water partition coefficient (Wildman–Crippen LogP) is 1.82. The van der Waals surface area contributed by atoms with Crippen LogP contribution in [0, 0.1) is 10.1 Å². The van der Waals surface area contributed by atoms with Crippen LogP contribution >= 0.6 is 24.2 Å². The number of nitro groups is 1. The van der Waals surface area contributed by atoms with Crippen molar-refractivity contribution in [3.8, 4) is 5.75 Å². The van der Waals surface area contributed by atoms with Crippen LogP contribution in [0.3, 0.4) is 0 Å². The van der Waals surface area contributed by atoms with E-state index in [1.54, 1.807) is 13.2 Å². The van der Waals surface area contributed by atoms with Crippen LogP contribution in [0.4, 0.5) is 5.69 Å². The summed E-state index contributed by atoms with van der Waals surface area (Å²) in [5.74, 6) is -0.153. The normalized spacial score (nSPS) is 11.2. The molecule has 9 heteroatoms. The first kappa shape index (κ1) is 19.5. The minimum absolute atomic E-state index is 0. The molecular formula is C12H18ClN3O4S. The van der Waals surface area contributed by atoms with E-state index >= 15 is 0 Å². The molecule has 0 saturated heterocycles. The highest BCUT2D eigenvalue weighted by Gasteiger charge is 2.24. The minimum Gasteiger partial charge on any atom is -0.495 e. The van der Waals surface area contributed by atoms with E-state index < -0.39 is 10.8 Å². The van der Waals surface area contributed by atoms with Crippen molar-refractivity contribution < 1.29 is 14.5 Å². The Balaban J connectivity index is 0.00000400. The third-order valence-electron chi connectivity index (χ3n) is 2.67. The van der Waals surface area contributed by atoms with Crippen LogP contribution in [0.15, 0.2) is 17.0 Å². The van der Waals surface area contributed by atoms with E-state index in [1.807, 2.05) is 0 Å². The number of nitrogens with one attached hydrogen (secondary N) is 1. The second-order valence-electron chi connectivity index (χ2n) is 4.09. The highest BCUT2D eigenvalue weighted by Crippen LogP contribution is 2.34. The molecule has 0 aliphatic heterocycles. The monoisotopic (exact) mass is 335 g/mol. The molecule has 0 aliphatic carbocycles. The average Bonchev–Trinajstić information content (AvgIpc) is 2.45. The van der Waals surface area contributed by atoms with Gasteiger partial charge in [0.2, 0.25) is 0 Å². The van der Waals surface area contributed by atoms with Gasteiger partial charge in [-0.05, 0) is 19.2 Å². The van der Waals surface area contributed by atoms with E-state index in [9.17, 15) is 14.9 Å². The molecule has 0 aliphatic rings. The van der Waals surface area contributed by atoms with Crippen LogP contribution in [0.5, 0.6) is 5.75 Å². The van der Waals surface area contributed by atoms with Crippen molar-refractivity contribution in [2.24, 2.45) is 5.73 Å². The highest BCUT2D eigenvalue weighted by atomic mass is 35.5. The molecule has 0 bridgehead atoms.